The smallest absolute Gasteiger partial charge is 0.271 e. The van der Waals surface area contributed by atoms with Crippen LogP contribution in [0, 0.1) is 16.0 Å². The Morgan fingerprint density at radius 2 is 2.00 bits per heavy atom. The van der Waals surface area contributed by atoms with E-state index in [1.807, 2.05) is 0 Å². The van der Waals surface area contributed by atoms with E-state index in [0.29, 0.717) is 31.6 Å². The van der Waals surface area contributed by atoms with Crippen molar-refractivity contribution in [2.75, 3.05) is 18.4 Å². The fraction of sp³-hybridized carbons (Fsp3) is 0.429. The van der Waals surface area contributed by atoms with E-state index in [9.17, 15) is 19.7 Å². The number of non-ortho nitro benzene ring substituents is 1. The molecule has 1 aliphatic rings. The number of hydrogen-bond acceptors (Lipinski definition) is 4. The summed E-state index contributed by atoms with van der Waals surface area (Å²) in [6.45, 7) is 2.66. The van der Waals surface area contributed by atoms with Crippen molar-refractivity contribution in [3.05, 3.63) is 34.4 Å². The third-order valence-electron chi connectivity index (χ3n) is 3.64. The van der Waals surface area contributed by atoms with Crippen LogP contribution in [0.2, 0.25) is 0 Å². The average molecular weight is 291 g/mol. The molecule has 1 saturated heterocycles. The molecule has 0 bridgehead atoms. The van der Waals surface area contributed by atoms with Gasteiger partial charge in [0.15, 0.2) is 0 Å². The van der Waals surface area contributed by atoms with Gasteiger partial charge in [0.05, 0.1) is 4.92 Å². The lowest BCUT2D eigenvalue weighted by Crippen LogP contribution is -2.40. The van der Waals surface area contributed by atoms with Gasteiger partial charge in [0.2, 0.25) is 11.8 Å². The van der Waals surface area contributed by atoms with E-state index in [1.165, 1.54) is 25.1 Å². The molecule has 7 nitrogen and oxygen atoms in total. The molecule has 2 amide bonds. The third kappa shape index (κ3) is 3.77. The van der Waals surface area contributed by atoms with Crippen LogP contribution < -0.4 is 5.32 Å². The predicted molar refractivity (Wildman–Crippen MR) is 76.7 cm³/mol. The zero-order valence-electron chi connectivity index (χ0n) is 11.7. The molecule has 1 aromatic carbocycles. The molecule has 2 rings (SSSR count). The minimum Gasteiger partial charge on any atom is -0.343 e. The molecule has 21 heavy (non-hydrogen) atoms. The molecule has 1 N–H and O–H groups in total. The number of rotatable bonds is 3. The lowest BCUT2D eigenvalue weighted by Gasteiger charge is -2.30. The molecule has 1 heterocycles. The number of nitrogens with zero attached hydrogens (tertiary/aromatic N) is 2. The largest absolute Gasteiger partial charge is 0.343 e. The first kappa shape index (κ1) is 15.0. The van der Waals surface area contributed by atoms with Gasteiger partial charge in [-0.1, -0.05) is 6.07 Å². The van der Waals surface area contributed by atoms with Crippen LogP contribution >= 0.6 is 0 Å². The fourth-order valence-corrected chi connectivity index (χ4v) is 2.40. The van der Waals surface area contributed by atoms with Gasteiger partial charge < -0.3 is 10.2 Å². The molecule has 0 spiro atoms. The number of anilines is 1. The summed E-state index contributed by atoms with van der Waals surface area (Å²) in [6.07, 6.45) is 1.22. The predicted octanol–water partition coefficient (Wildman–Crippen LogP) is 1.79. The second-order valence-electron chi connectivity index (χ2n) is 5.08. The fourth-order valence-electron chi connectivity index (χ4n) is 2.40. The van der Waals surface area contributed by atoms with Crippen LogP contribution in [-0.2, 0) is 9.59 Å². The van der Waals surface area contributed by atoms with Gasteiger partial charge in [0.25, 0.3) is 5.69 Å². The lowest BCUT2D eigenvalue weighted by molar-refractivity contribution is -0.384. The quantitative estimate of drug-likeness (QED) is 0.678. The summed E-state index contributed by atoms with van der Waals surface area (Å²) in [5.41, 5.74) is 0.363. The van der Waals surface area contributed by atoms with E-state index in [-0.39, 0.29) is 23.4 Å². The second kappa shape index (κ2) is 6.34. The van der Waals surface area contributed by atoms with Crippen LogP contribution in [0.1, 0.15) is 19.8 Å². The topological polar surface area (TPSA) is 92.6 Å². The van der Waals surface area contributed by atoms with E-state index in [0.717, 1.165) is 0 Å². The van der Waals surface area contributed by atoms with Crippen molar-refractivity contribution < 1.29 is 14.5 Å². The number of likely N-dealkylation sites (tertiary alicyclic amines) is 1. The first-order valence-corrected chi connectivity index (χ1v) is 6.78. The highest BCUT2D eigenvalue weighted by molar-refractivity contribution is 5.93. The van der Waals surface area contributed by atoms with Crippen LogP contribution in [0.15, 0.2) is 24.3 Å². The van der Waals surface area contributed by atoms with Crippen molar-refractivity contribution in [2.24, 2.45) is 5.92 Å². The Balaban J connectivity index is 1.95. The van der Waals surface area contributed by atoms with Gasteiger partial charge in [-0.3, -0.25) is 19.7 Å². The molecule has 0 aliphatic carbocycles. The standard InChI is InChI=1S/C14H17N3O4/c1-10(18)16-7-5-11(6-8-16)14(19)15-12-3-2-4-13(9-12)17(20)21/h2-4,9,11H,5-8H2,1H3,(H,15,19). The summed E-state index contributed by atoms with van der Waals surface area (Å²) >= 11 is 0. The van der Waals surface area contributed by atoms with Crippen molar-refractivity contribution in [1.82, 2.24) is 4.90 Å². The van der Waals surface area contributed by atoms with Gasteiger partial charge in [-0.15, -0.1) is 0 Å². The van der Waals surface area contributed by atoms with E-state index < -0.39 is 4.92 Å². The summed E-state index contributed by atoms with van der Waals surface area (Å²) in [7, 11) is 0. The van der Waals surface area contributed by atoms with Crippen LogP contribution in [0.3, 0.4) is 0 Å². The Morgan fingerprint density at radius 1 is 1.33 bits per heavy atom. The Kier molecular flexibility index (Phi) is 4.52. The highest BCUT2D eigenvalue weighted by Gasteiger charge is 2.26. The zero-order valence-corrected chi connectivity index (χ0v) is 11.7. The number of hydrogen-bond donors (Lipinski definition) is 1. The van der Waals surface area contributed by atoms with E-state index in [4.69, 9.17) is 0 Å². The number of amides is 2. The van der Waals surface area contributed by atoms with Crippen LogP contribution in [0.25, 0.3) is 0 Å². The lowest BCUT2D eigenvalue weighted by atomic mass is 9.96. The first-order valence-electron chi connectivity index (χ1n) is 6.78. The number of benzene rings is 1. The number of piperidine rings is 1. The molecule has 1 fully saturated rings. The molecule has 0 saturated carbocycles. The normalized spacial score (nSPS) is 15.6. The van der Waals surface area contributed by atoms with Gasteiger partial charge in [-0.25, -0.2) is 0 Å². The number of nitrogens with one attached hydrogen (secondary N) is 1. The minimum absolute atomic E-state index is 0.0209. The number of carbonyl (C=O) groups excluding carboxylic acids is 2. The molecule has 1 aromatic rings. The Bertz CT molecular complexity index is 565. The van der Waals surface area contributed by atoms with Crippen LogP contribution in [0.4, 0.5) is 11.4 Å². The Morgan fingerprint density at radius 3 is 2.57 bits per heavy atom. The van der Waals surface area contributed by atoms with Gasteiger partial charge in [0, 0.05) is 43.8 Å². The monoisotopic (exact) mass is 291 g/mol. The summed E-state index contributed by atoms with van der Waals surface area (Å²) in [6, 6.07) is 5.87. The van der Waals surface area contributed by atoms with Crippen molar-refractivity contribution in [1.29, 1.82) is 0 Å². The van der Waals surface area contributed by atoms with Crippen LogP contribution in [-0.4, -0.2) is 34.7 Å². The summed E-state index contributed by atoms with van der Waals surface area (Å²) in [5, 5.41) is 13.4. The van der Waals surface area contributed by atoms with Gasteiger partial charge in [-0.05, 0) is 18.9 Å². The van der Waals surface area contributed by atoms with Gasteiger partial charge in [0.1, 0.15) is 0 Å². The van der Waals surface area contributed by atoms with Crippen molar-refractivity contribution in [3.63, 3.8) is 0 Å². The highest BCUT2D eigenvalue weighted by atomic mass is 16.6. The maximum absolute atomic E-state index is 12.1. The minimum atomic E-state index is -0.499. The maximum atomic E-state index is 12.1. The molecule has 0 radical (unpaired) electrons. The number of carbonyl (C=O) groups is 2. The highest BCUT2D eigenvalue weighted by Crippen LogP contribution is 2.21. The molecule has 0 unspecified atom stereocenters. The average Bonchev–Trinajstić information content (AvgIpc) is 2.47. The number of nitro groups is 1. The van der Waals surface area contributed by atoms with E-state index in [2.05, 4.69) is 5.32 Å². The van der Waals surface area contributed by atoms with Crippen molar-refractivity contribution in [2.45, 2.75) is 19.8 Å². The summed E-state index contributed by atoms with van der Waals surface area (Å²) in [4.78, 5) is 35.3. The summed E-state index contributed by atoms with van der Waals surface area (Å²) < 4.78 is 0. The molecule has 0 aromatic heterocycles. The third-order valence-corrected chi connectivity index (χ3v) is 3.64. The molecule has 1 aliphatic heterocycles. The Hall–Kier alpha value is -2.44. The molecular formula is C14H17N3O4. The van der Waals surface area contributed by atoms with E-state index >= 15 is 0 Å². The summed E-state index contributed by atoms with van der Waals surface area (Å²) in [5.74, 6) is -0.300. The SMILES string of the molecule is CC(=O)N1CCC(C(=O)Nc2cccc([N+](=O)[O-])c2)CC1. The number of nitro benzene ring substituents is 1. The Labute approximate surface area is 122 Å². The second-order valence-corrected chi connectivity index (χ2v) is 5.08. The first-order chi connectivity index (χ1) is 9.97. The molecule has 112 valence electrons. The van der Waals surface area contributed by atoms with Crippen molar-refractivity contribution >= 4 is 23.2 Å². The van der Waals surface area contributed by atoms with Gasteiger partial charge >= 0.3 is 0 Å². The molecule has 7 heteroatoms. The molecule has 0 atom stereocenters. The maximum Gasteiger partial charge on any atom is 0.271 e. The molecular weight excluding hydrogens is 274 g/mol. The van der Waals surface area contributed by atoms with Crippen molar-refractivity contribution in [3.8, 4) is 0 Å². The van der Waals surface area contributed by atoms with Crippen LogP contribution in [0.5, 0.6) is 0 Å². The van der Waals surface area contributed by atoms with Gasteiger partial charge in [-0.2, -0.15) is 0 Å². The van der Waals surface area contributed by atoms with E-state index in [1.54, 1.807) is 11.0 Å². The zero-order chi connectivity index (χ0) is 15.4.